The lowest BCUT2D eigenvalue weighted by atomic mass is 10.1. The summed E-state index contributed by atoms with van der Waals surface area (Å²) >= 11 is 0. The van der Waals surface area contributed by atoms with Gasteiger partial charge >= 0.3 is 0 Å². The summed E-state index contributed by atoms with van der Waals surface area (Å²) < 4.78 is 0. The van der Waals surface area contributed by atoms with Gasteiger partial charge < -0.3 is 10.6 Å². The molecule has 2 N–H and O–H groups in total. The predicted molar refractivity (Wildman–Crippen MR) is 123 cm³/mol. The second-order valence-corrected chi connectivity index (χ2v) is 7.71. The Morgan fingerprint density at radius 1 is 0.760 bits per heavy atom. The van der Waals surface area contributed by atoms with E-state index in [1.165, 1.54) is 32.4 Å². The summed E-state index contributed by atoms with van der Waals surface area (Å²) in [6.45, 7) is 25.7. The minimum Gasteiger partial charge on any atom is -0.318 e. The third-order valence-corrected chi connectivity index (χ3v) is 3.32. The Morgan fingerprint density at radius 2 is 1.12 bits per heavy atom. The first-order valence-electron chi connectivity index (χ1n) is 9.72. The molecular formula is C22H57N3. The molecule has 0 aliphatic heterocycles. The molecule has 0 rings (SSSR count). The molecule has 0 saturated heterocycles. The predicted octanol–water partition coefficient (Wildman–Crippen LogP) is 6.19. The second kappa shape index (κ2) is 23.9. The summed E-state index contributed by atoms with van der Waals surface area (Å²) in [5, 5.41) is 6.32. The highest BCUT2D eigenvalue weighted by Crippen LogP contribution is 2.13. The topological polar surface area (TPSA) is 27.3 Å². The highest BCUT2D eigenvalue weighted by molar-refractivity contribution is 4.74. The highest BCUT2D eigenvalue weighted by atomic mass is 15.2. The molecule has 3 heteroatoms. The number of nitrogens with one attached hydrogen (secondary N) is 2. The van der Waals surface area contributed by atoms with Crippen LogP contribution in [0.2, 0.25) is 0 Å². The molecule has 0 aliphatic rings. The minimum atomic E-state index is 0. The van der Waals surface area contributed by atoms with Gasteiger partial charge in [0.2, 0.25) is 0 Å². The third-order valence-electron chi connectivity index (χ3n) is 3.32. The molecule has 0 heterocycles. The normalized spacial score (nSPS) is 10.3. The fraction of sp³-hybridized carbons (Fsp3) is 1.00. The van der Waals surface area contributed by atoms with E-state index in [2.05, 4.69) is 84.8 Å². The minimum absolute atomic E-state index is 0. The van der Waals surface area contributed by atoms with Crippen molar-refractivity contribution in [1.29, 1.82) is 0 Å². The summed E-state index contributed by atoms with van der Waals surface area (Å²) in [6, 6.07) is 1.29. The first kappa shape index (κ1) is 35.9. The van der Waals surface area contributed by atoms with Gasteiger partial charge in [0, 0.05) is 17.6 Å². The Hall–Kier alpha value is -0.120. The Morgan fingerprint density at radius 3 is 1.24 bits per heavy atom. The largest absolute Gasteiger partial charge is 0.318 e. The summed E-state index contributed by atoms with van der Waals surface area (Å²) in [5.41, 5.74) is 0.353. The van der Waals surface area contributed by atoms with E-state index in [9.17, 15) is 0 Å². The molecule has 0 amide bonds. The van der Waals surface area contributed by atoms with E-state index in [-0.39, 0.29) is 14.9 Å². The number of hydrogen-bond donors (Lipinski definition) is 2. The van der Waals surface area contributed by atoms with Crippen molar-refractivity contribution in [2.45, 2.75) is 121 Å². The smallest absolute Gasteiger partial charge is 0.0125 e. The van der Waals surface area contributed by atoms with Crippen LogP contribution in [0.3, 0.4) is 0 Å². The number of hydrogen-bond acceptors (Lipinski definition) is 3. The van der Waals surface area contributed by atoms with E-state index in [4.69, 9.17) is 0 Å². The third kappa shape index (κ3) is 35.8. The van der Waals surface area contributed by atoms with Crippen LogP contribution in [0.5, 0.6) is 0 Å². The van der Waals surface area contributed by atoms with Crippen molar-refractivity contribution in [1.82, 2.24) is 15.5 Å². The van der Waals surface area contributed by atoms with Crippen molar-refractivity contribution in [3.63, 3.8) is 0 Å². The van der Waals surface area contributed by atoms with Crippen molar-refractivity contribution in [2.75, 3.05) is 26.7 Å². The first-order chi connectivity index (χ1) is 10.6. The van der Waals surface area contributed by atoms with Gasteiger partial charge in [0.05, 0.1) is 0 Å². The summed E-state index contributed by atoms with van der Waals surface area (Å²) in [4.78, 5) is 2.55. The van der Waals surface area contributed by atoms with Crippen LogP contribution >= 0.6 is 0 Å². The van der Waals surface area contributed by atoms with E-state index >= 15 is 0 Å². The van der Waals surface area contributed by atoms with E-state index in [1.807, 2.05) is 7.05 Å². The lowest BCUT2D eigenvalue weighted by molar-refractivity contribution is 0.137. The zero-order chi connectivity index (χ0) is 18.9. The maximum absolute atomic E-state index is 3.30. The molecule has 0 spiro atoms. The summed E-state index contributed by atoms with van der Waals surface area (Å²) in [7, 11) is 1.95. The molecule has 0 unspecified atom stereocenters. The van der Waals surface area contributed by atoms with Crippen molar-refractivity contribution in [3.8, 4) is 0 Å². The van der Waals surface area contributed by atoms with Crippen LogP contribution in [0, 0.1) is 0 Å². The van der Waals surface area contributed by atoms with Crippen LogP contribution in [0.4, 0.5) is 0 Å². The molecule has 0 fully saturated rings. The molecule has 0 saturated carbocycles. The fourth-order valence-corrected chi connectivity index (χ4v) is 1.76. The van der Waals surface area contributed by atoms with E-state index in [1.54, 1.807) is 0 Å². The van der Waals surface area contributed by atoms with Gasteiger partial charge in [-0.05, 0) is 66.7 Å². The van der Waals surface area contributed by atoms with Crippen LogP contribution in [0.1, 0.15) is 103 Å². The van der Waals surface area contributed by atoms with Gasteiger partial charge in [-0.2, -0.15) is 0 Å². The Labute approximate surface area is 163 Å². The van der Waals surface area contributed by atoms with Crippen molar-refractivity contribution >= 4 is 0 Å². The zero-order valence-corrected chi connectivity index (χ0v) is 18.3. The molecule has 0 atom stereocenters. The average Bonchev–Trinajstić information content (AvgIpc) is 2.45. The van der Waals surface area contributed by atoms with Crippen molar-refractivity contribution in [3.05, 3.63) is 0 Å². The molecule has 0 aromatic rings. The first-order valence-corrected chi connectivity index (χ1v) is 9.72. The van der Waals surface area contributed by atoms with Crippen LogP contribution in [0.15, 0.2) is 0 Å². The van der Waals surface area contributed by atoms with Gasteiger partial charge in [-0.1, -0.05) is 63.3 Å². The summed E-state index contributed by atoms with van der Waals surface area (Å²) in [6.07, 6.45) is 3.76. The Balaban J connectivity index is -0.0000000832. The second-order valence-electron chi connectivity index (χ2n) is 7.71. The van der Waals surface area contributed by atoms with Gasteiger partial charge in [-0.3, -0.25) is 4.90 Å². The van der Waals surface area contributed by atoms with Crippen molar-refractivity contribution < 1.29 is 0 Å². The molecule has 0 radical (unpaired) electrons. The molecule has 160 valence electrons. The zero-order valence-electron chi connectivity index (χ0n) is 18.3. The van der Waals surface area contributed by atoms with Gasteiger partial charge in [-0.15, -0.1) is 0 Å². The lowest BCUT2D eigenvalue weighted by Crippen LogP contribution is -2.42. The highest BCUT2D eigenvalue weighted by Gasteiger charge is 2.18. The monoisotopic (exact) mass is 363 g/mol. The fourth-order valence-electron chi connectivity index (χ4n) is 1.76. The molecule has 0 aromatic heterocycles. The van der Waals surface area contributed by atoms with Crippen LogP contribution in [-0.2, 0) is 0 Å². The van der Waals surface area contributed by atoms with E-state index < -0.39 is 0 Å². The van der Waals surface area contributed by atoms with Gasteiger partial charge in [-0.25, -0.2) is 0 Å². The molecule has 0 aromatic carbocycles. The van der Waals surface area contributed by atoms with E-state index in [0.717, 1.165) is 6.54 Å². The Bertz CT molecular complexity index is 202. The number of rotatable bonds is 8. The standard InChI is InChI=1S/C10H23N.C6H15N.C4H11N.2CH4/c1-6-8-11(9-7-2)10(3,4)5;1-4-5-7-6(2)3;1-4(2)5-3;;/h6-9H2,1-5H3;6-7H,4-5H2,1-3H3;4-5H,1-3H3;2*1H4. The molecule has 3 nitrogen and oxygen atoms in total. The molecule has 0 aliphatic carbocycles. The van der Waals surface area contributed by atoms with Crippen LogP contribution in [-0.4, -0.2) is 49.2 Å². The lowest BCUT2D eigenvalue weighted by Gasteiger charge is -2.35. The molecule has 25 heavy (non-hydrogen) atoms. The van der Waals surface area contributed by atoms with Crippen LogP contribution in [0.25, 0.3) is 0 Å². The van der Waals surface area contributed by atoms with Gasteiger partial charge in [0.1, 0.15) is 0 Å². The summed E-state index contributed by atoms with van der Waals surface area (Å²) in [5.74, 6) is 0. The van der Waals surface area contributed by atoms with Gasteiger partial charge in [0.25, 0.3) is 0 Å². The van der Waals surface area contributed by atoms with Gasteiger partial charge in [0.15, 0.2) is 0 Å². The maximum atomic E-state index is 3.30. The van der Waals surface area contributed by atoms with Crippen LogP contribution < -0.4 is 10.6 Å². The molecular weight excluding hydrogens is 306 g/mol. The Kier molecular flexibility index (Phi) is 34.3. The SMILES string of the molecule is C.C.CCCN(CCC)C(C)(C)C.CCCNC(C)C.CNC(C)C. The maximum Gasteiger partial charge on any atom is 0.0125 e. The molecule has 0 bridgehead atoms. The van der Waals surface area contributed by atoms with E-state index in [0.29, 0.717) is 17.6 Å². The quantitative estimate of drug-likeness (QED) is 0.538. The average molecular weight is 364 g/mol. The van der Waals surface area contributed by atoms with Crippen molar-refractivity contribution in [2.24, 2.45) is 0 Å². The number of nitrogens with zero attached hydrogens (tertiary/aromatic N) is 1.